The number of carbonyl (C=O) groups is 1. The average molecular weight is 358 g/mol. The number of fused-ring (bicyclic) bond motifs is 1. The van der Waals surface area contributed by atoms with Crippen molar-refractivity contribution in [3.8, 4) is 0 Å². The van der Waals surface area contributed by atoms with Crippen LogP contribution in [0.2, 0.25) is 0 Å². The Kier molecular flexibility index (Phi) is 4.81. The molecule has 0 unspecified atom stereocenters. The minimum absolute atomic E-state index is 0.0619. The molecule has 1 heterocycles. The lowest BCUT2D eigenvalue weighted by atomic mass is 10.0. The Hall–Kier alpha value is -2.34. The third-order valence-corrected chi connectivity index (χ3v) is 6.21. The predicted molar refractivity (Wildman–Crippen MR) is 101 cm³/mol. The fourth-order valence-electron chi connectivity index (χ4n) is 2.97. The number of nitrogens with one attached hydrogen (secondary N) is 1. The van der Waals surface area contributed by atoms with Crippen molar-refractivity contribution in [2.75, 3.05) is 21.9 Å². The smallest absolute Gasteiger partial charge is 0.255 e. The Morgan fingerprint density at radius 1 is 1.16 bits per heavy atom. The van der Waals surface area contributed by atoms with Crippen LogP contribution in [-0.2, 0) is 16.4 Å². The lowest BCUT2D eigenvalue weighted by Crippen LogP contribution is -2.36. The van der Waals surface area contributed by atoms with Gasteiger partial charge in [0, 0.05) is 17.8 Å². The van der Waals surface area contributed by atoms with E-state index in [0.29, 0.717) is 23.5 Å². The van der Waals surface area contributed by atoms with Crippen LogP contribution in [0.4, 0.5) is 11.4 Å². The summed E-state index contributed by atoms with van der Waals surface area (Å²) in [4.78, 5) is 12.4. The Morgan fingerprint density at radius 2 is 1.88 bits per heavy atom. The zero-order chi connectivity index (χ0) is 18.0. The molecule has 0 saturated carbocycles. The Bertz CT molecular complexity index is 889. The Balaban J connectivity index is 1.88. The minimum Gasteiger partial charge on any atom is -0.322 e. The van der Waals surface area contributed by atoms with Gasteiger partial charge in [-0.05, 0) is 56.5 Å². The van der Waals surface area contributed by atoms with Crippen LogP contribution in [0.5, 0.6) is 0 Å². The van der Waals surface area contributed by atoms with E-state index in [-0.39, 0.29) is 11.7 Å². The number of hydrogen-bond acceptors (Lipinski definition) is 3. The van der Waals surface area contributed by atoms with Gasteiger partial charge in [0.05, 0.1) is 11.4 Å². The summed E-state index contributed by atoms with van der Waals surface area (Å²) in [6, 6.07) is 12.8. The van der Waals surface area contributed by atoms with Crippen molar-refractivity contribution < 1.29 is 13.2 Å². The molecule has 25 heavy (non-hydrogen) atoms. The highest BCUT2D eigenvalue weighted by Gasteiger charge is 2.26. The summed E-state index contributed by atoms with van der Waals surface area (Å²) in [5.74, 6) is -0.146. The summed E-state index contributed by atoms with van der Waals surface area (Å²) < 4.78 is 26.2. The second kappa shape index (κ2) is 6.88. The van der Waals surface area contributed by atoms with E-state index in [9.17, 15) is 13.2 Å². The van der Waals surface area contributed by atoms with Crippen LogP contribution in [0.3, 0.4) is 0 Å². The molecule has 1 aliphatic heterocycles. The van der Waals surface area contributed by atoms with Gasteiger partial charge in [-0.25, -0.2) is 8.42 Å². The molecule has 132 valence electrons. The summed E-state index contributed by atoms with van der Waals surface area (Å²) in [5, 5.41) is 2.86. The number of nitrogens with zero attached hydrogens (tertiary/aromatic N) is 1. The van der Waals surface area contributed by atoms with Crippen molar-refractivity contribution in [2.45, 2.75) is 26.7 Å². The summed E-state index contributed by atoms with van der Waals surface area (Å²) in [6.45, 7) is 4.10. The molecule has 1 N–H and O–H groups in total. The van der Waals surface area contributed by atoms with E-state index in [4.69, 9.17) is 0 Å². The number of rotatable bonds is 4. The fraction of sp³-hybridized carbons (Fsp3) is 0.316. The predicted octanol–water partition coefficient (Wildman–Crippen LogP) is 3.35. The molecule has 1 aliphatic rings. The fourth-order valence-corrected chi connectivity index (χ4v) is 4.16. The third-order valence-electron chi connectivity index (χ3n) is 4.43. The summed E-state index contributed by atoms with van der Waals surface area (Å²) >= 11 is 0. The van der Waals surface area contributed by atoms with Gasteiger partial charge in [-0.1, -0.05) is 23.8 Å². The standard InChI is InChI=1S/C19H22N2O3S/c1-3-25(23,24)21-12-4-5-15-10-11-17(13-18(15)21)20-19(22)16-8-6-14(2)7-9-16/h6-11,13H,3-5,12H2,1-2H3,(H,20,22). The Labute approximate surface area is 148 Å². The average Bonchev–Trinajstić information content (AvgIpc) is 2.61. The highest BCUT2D eigenvalue weighted by Crippen LogP contribution is 2.32. The summed E-state index contributed by atoms with van der Waals surface area (Å²) in [7, 11) is -3.32. The van der Waals surface area contributed by atoms with Crippen LogP contribution in [0.25, 0.3) is 0 Å². The second-order valence-corrected chi connectivity index (χ2v) is 8.42. The monoisotopic (exact) mass is 358 g/mol. The summed E-state index contributed by atoms with van der Waals surface area (Å²) in [5.41, 5.74) is 3.93. The number of sulfonamides is 1. The SMILES string of the molecule is CCS(=O)(=O)N1CCCc2ccc(NC(=O)c3ccc(C)cc3)cc21. The van der Waals surface area contributed by atoms with E-state index in [1.54, 1.807) is 25.1 Å². The largest absolute Gasteiger partial charge is 0.322 e. The van der Waals surface area contributed by atoms with E-state index in [1.807, 2.05) is 31.2 Å². The molecule has 3 rings (SSSR count). The van der Waals surface area contributed by atoms with E-state index >= 15 is 0 Å². The molecule has 6 heteroatoms. The van der Waals surface area contributed by atoms with Crippen molar-refractivity contribution in [1.29, 1.82) is 0 Å². The third kappa shape index (κ3) is 3.69. The number of carbonyl (C=O) groups excluding carboxylic acids is 1. The first-order valence-electron chi connectivity index (χ1n) is 8.42. The highest BCUT2D eigenvalue weighted by atomic mass is 32.2. The molecule has 0 aliphatic carbocycles. The van der Waals surface area contributed by atoms with Gasteiger partial charge in [0.1, 0.15) is 0 Å². The minimum atomic E-state index is -3.32. The number of benzene rings is 2. The summed E-state index contributed by atoms with van der Waals surface area (Å²) in [6.07, 6.45) is 1.65. The maximum atomic E-state index is 12.4. The molecule has 2 aromatic carbocycles. The molecular weight excluding hydrogens is 336 g/mol. The topological polar surface area (TPSA) is 66.5 Å². The molecule has 0 radical (unpaired) electrons. The van der Waals surface area contributed by atoms with Gasteiger partial charge in [-0.3, -0.25) is 9.10 Å². The van der Waals surface area contributed by atoms with Gasteiger partial charge in [0.2, 0.25) is 10.0 Å². The molecule has 5 nitrogen and oxygen atoms in total. The first-order valence-corrected chi connectivity index (χ1v) is 10.0. The molecule has 0 atom stereocenters. The number of anilines is 2. The highest BCUT2D eigenvalue weighted by molar-refractivity contribution is 7.92. The second-order valence-electron chi connectivity index (χ2n) is 6.24. The molecular formula is C19H22N2O3S. The van der Waals surface area contributed by atoms with E-state index in [0.717, 1.165) is 24.0 Å². The van der Waals surface area contributed by atoms with Crippen molar-refractivity contribution in [2.24, 2.45) is 0 Å². The molecule has 1 amide bonds. The van der Waals surface area contributed by atoms with Gasteiger partial charge in [0.25, 0.3) is 5.91 Å². The van der Waals surface area contributed by atoms with E-state index in [1.165, 1.54) is 4.31 Å². The van der Waals surface area contributed by atoms with Crippen LogP contribution in [-0.4, -0.2) is 26.6 Å². The van der Waals surface area contributed by atoms with Crippen LogP contribution in [0.1, 0.15) is 34.8 Å². The van der Waals surface area contributed by atoms with Gasteiger partial charge >= 0.3 is 0 Å². The molecule has 0 bridgehead atoms. The van der Waals surface area contributed by atoms with Crippen molar-refractivity contribution in [1.82, 2.24) is 0 Å². The van der Waals surface area contributed by atoms with Crippen molar-refractivity contribution in [3.05, 3.63) is 59.2 Å². The molecule has 0 spiro atoms. The normalized spacial score (nSPS) is 14.1. The van der Waals surface area contributed by atoms with Crippen molar-refractivity contribution in [3.63, 3.8) is 0 Å². The van der Waals surface area contributed by atoms with Crippen LogP contribution in [0.15, 0.2) is 42.5 Å². The maximum Gasteiger partial charge on any atom is 0.255 e. The number of aryl methyl sites for hydroxylation is 2. The number of hydrogen-bond donors (Lipinski definition) is 1. The quantitative estimate of drug-likeness (QED) is 0.911. The van der Waals surface area contributed by atoms with Crippen LogP contribution >= 0.6 is 0 Å². The van der Waals surface area contributed by atoms with Crippen LogP contribution in [0, 0.1) is 6.92 Å². The zero-order valence-electron chi connectivity index (χ0n) is 14.5. The van der Waals surface area contributed by atoms with Gasteiger partial charge in [0.15, 0.2) is 0 Å². The maximum absolute atomic E-state index is 12.4. The number of amides is 1. The Morgan fingerprint density at radius 3 is 2.56 bits per heavy atom. The van der Waals surface area contributed by atoms with E-state index in [2.05, 4.69) is 5.32 Å². The molecule has 0 fully saturated rings. The van der Waals surface area contributed by atoms with Gasteiger partial charge < -0.3 is 5.32 Å². The molecule has 2 aromatic rings. The molecule has 0 aromatic heterocycles. The first kappa shape index (κ1) is 17.5. The van der Waals surface area contributed by atoms with Gasteiger partial charge in [-0.15, -0.1) is 0 Å². The van der Waals surface area contributed by atoms with E-state index < -0.39 is 10.0 Å². The van der Waals surface area contributed by atoms with Crippen molar-refractivity contribution >= 4 is 27.3 Å². The van der Waals surface area contributed by atoms with Gasteiger partial charge in [-0.2, -0.15) is 0 Å². The zero-order valence-corrected chi connectivity index (χ0v) is 15.3. The lowest BCUT2D eigenvalue weighted by Gasteiger charge is -2.30. The molecule has 0 saturated heterocycles. The first-order chi connectivity index (χ1) is 11.9. The lowest BCUT2D eigenvalue weighted by molar-refractivity contribution is 0.102. The van der Waals surface area contributed by atoms with Crippen LogP contribution < -0.4 is 9.62 Å².